The van der Waals surface area contributed by atoms with Crippen molar-refractivity contribution < 1.29 is 23.3 Å². The van der Waals surface area contributed by atoms with E-state index in [4.69, 9.17) is 5.26 Å². The van der Waals surface area contributed by atoms with Crippen LogP contribution in [-0.4, -0.2) is 6.11 Å². The second-order valence-electron chi connectivity index (χ2n) is 0.754. The number of hydrogen-bond donors (Lipinski definition) is 0. The first kappa shape index (κ1) is 6.71. The Morgan fingerprint density at radius 3 is 2.00 bits per heavy atom. The van der Waals surface area contributed by atoms with Crippen LogP contribution in [0.25, 0.3) is 0 Å². The highest BCUT2D eigenvalue weighted by molar-refractivity contribution is 4.58. The molecule has 7 heavy (non-hydrogen) atoms. The molecule has 0 saturated heterocycles. The van der Waals surface area contributed by atoms with Crippen LogP contribution >= 0.6 is 0 Å². The van der Waals surface area contributed by atoms with Gasteiger partial charge < -0.3 is 0 Å². The highest BCUT2D eigenvalue weighted by atomic mass is 19.3. The van der Waals surface area contributed by atoms with Crippen LogP contribution < -0.4 is 0 Å². The van der Waals surface area contributed by atoms with Gasteiger partial charge in [-0.2, -0.15) is 8.78 Å². The molecule has 0 amide bonds. The summed E-state index contributed by atoms with van der Waals surface area (Å²) in [6.45, 7) is -1.12. The third kappa shape index (κ3) is 2.41. The maximum Gasteiger partial charge on any atom is 0.417 e. The van der Waals surface area contributed by atoms with Crippen LogP contribution in [0, 0.1) is 6.67 Å². The van der Waals surface area contributed by atoms with Crippen LogP contribution in [0.3, 0.4) is 0 Å². The molecular weight excluding hydrogens is 113 g/mol. The fourth-order valence-corrected chi connectivity index (χ4v) is 0.0182. The minimum Gasteiger partial charge on any atom is -0.234 e. The molecule has 42 valence electrons. The molecule has 0 aromatic carbocycles. The van der Waals surface area contributed by atoms with Gasteiger partial charge >= 0.3 is 6.11 Å². The summed E-state index contributed by atoms with van der Waals surface area (Å²) in [6.07, 6.45) is -4.26. The van der Waals surface area contributed by atoms with Crippen molar-refractivity contribution in [3.63, 3.8) is 0 Å². The normalized spacial score (nSPS) is 12.0. The van der Waals surface area contributed by atoms with Crippen LogP contribution in [0.15, 0.2) is 0 Å². The van der Waals surface area contributed by atoms with Crippen molar-refractivity contribution in [2.45, 2.75) is 6.11 Å². The van der Waals surface area contributed by atoms with Gasteiger partial charge in [0.1, 0.15) is 0 Å². The summed E-state index contributed by atoms with van der Waals surface area (Å²) < 4.78 is 32.4. The molecule has 2 nitrogen and oxygen atoms in total. The maximum atomic E-state index is 10.9. The van der Waals surface area contributed by atoms with Crippen molar-refractivity contribution in [3.8, 4) is 0 Å². The predicted molar refractivity (Wildman–Crippen MR) is 12.1 cm³/mol. The third-order valence-corrected chi connectivity index (χ3v) is 0.238. The molecule has 0 saturated carbocycles. The summed E-state index contributed by atoms with van der Waals surface area (Å²) in [6, 6.07) is 0. The van der Waals surface area contributed by atoms with Crippen LogP contribution in [0.4, 0.5) is 13.2 Å². The largest absolute Gasteiger partial charge is 0.417 e. The molecule has 2 radical (unpaired) electrons. The van der Waals surface area contributed by atoms with Gasteiger partial charge in [-0.3, -0.25) is 0 Å². The zero-order valence-electron chi connectivity index (χ0n) is 3.03. The molecule has 0 heterocycles. The topological polar surface area (TPSA) is 29.1 Å². The average Bonchev–Trinajstić information content (AvgIpc) is 1.68. The van der Waals surface area contributed by atoms with Crippen molar-refractivity contribution in [3.05, 3.63) is 6.67 Å². The minimum atomic E-state index is -4.26. The van der Waals surface area contributed by atoms with Gasteiger partial charge in [0.2, 0.25) is 6.67 Å². The van der Waals surface area contributed by atoms with E-state index >= 15 is 0 Å². The smallest absolute Gasteiger partial charge is 0.234 e. The molecule has 0 N–H and O–H groups in total. The van der Waals surface area contributed by atoms with Gasteiger partial charge in [-0.15, -0.1) is 4.89 Å². The molecular formula is C2HF3O2. The van der Waals surface area contributed by atoms with Gasteiger partial charge in [0.15, 0.2) is 0 Å². The monoisotopic (exact) mass is 114 g/mol. The third-order valence-electron chi connectivity index (χ3n) is 0.238. The fourth-order valence-electron chi connectivity index (χ4n) is 0.0182. The van der Waals surface area contributed by atoms with Crippen molar-refractivity contribution in [1.29, 1.82) is 0 Å². The molecule has 0 aliphatic heterocycles. The Hall–Kier alpha value is -0.290. The minimum absolute atomic E-state index is 1.12. The van der Waals surface area contributed by atoms with E-state index in [-0.39, 0.29) is 0 Å². The van der Waals surface area contributed by atoms with E-state index in [0.717, 1.165) is 0 Å². The van der Waals surface area contributed by atoms with Gasteiger partial charge in [-0.1, -0.05) is 0 Å². The van der Waals surface area contributed by atoms with Crippen LogP contribution in [0.2, 0.25) is 0 Å². The number of alkyl halides is 2. The van der Waals surface area contributed by atoms with E-state index in [9.17, 15) is 13.2 Å². The first-order valence-corrected chi connectivity index (χ1v) is 1.26. The van der Waals surface area contributed by atoms with E-state index in [0.29, 0.717) is 0 Å². The Balaban J connectivity index is 3.36. The molecule has 0 aromatic rings. The molecule has 0 atom stereocenters. The van der Waals surface area contributed by atoms with Gasteiger partial charge in [0.25, 0.3) is 0 Å². The van der Waals surface area contributed by atoms with Gasteiger partial charge in [-0.25, -0.2) is 4.39 Å². The lowest BCUT2D eigenvalue weighted by atomic mass is 10.7. The highest BCUT2D eigenvalue weighted by Crippen LogP contribution is 2.17. The number of hydrogen-bond acceptors (Lipinski definition) is 1. The molecule has 0 aliphatic carbocycles. The summed E-state index contributed by atoms with van der Waals surface area (Å²) in [4.78, 5) is 2.07. The SMILES string of the molecule is [O]OC(F)(F)[CH]F. The molecule has 5 heteroatoms. The van der Waals surface area contributed by atoms with Crippen molar-refractivity contribution >= 4 is 0 Å². The summed E-state index contributed by atoms with van der Waals surface area (Å²) in [5.41, 5.74) is 0. The summed E-state index contributed by atoms with van der Waals surface area (Å²) in [5, 5.41) is 8.66. The zero-order chi connectivity index (χ0) is 5.91. The van der Waals surface area contributed by atoms with Crippen LogP contribution in [0.1, 0.15) is 0 Å². The van der Waals surface area contributed by atoms with E-state index in [1.165, 1.54) is 0 Å². The fraction of sp³-hybridized carbons (Fsp3) is 0.500. The summed E-state index contributed by atoms with van der Waals surface area (Å²) >= 11 is 0. The van der Waals surface area contributed by atoms with Gasteiger partial charge in [0.05, 0.1) is 0 Å². The lowest BCUT2D eigenvalue weighted by molar-refractivity contribution is -0.442. The highest BCUT2D eigenvalue weighted by Gasteiger charge is 2.32. The molecule has 0 unspecified atom stereocenters. The first-order chi connectivity index (χ1) is 3.12. The standard InChI is InChI=1S/C2HF3O2/c3-1-2(4,5)7-6/h1H. The van der Waals surface area contributed by atoms with Crippen LogP contribution in [-0.2, 0) is 10.1 Å². The second kappa shape index (κ2) is 2.13. The van der Waals surface area contributed by atoms with Gasteiger partial charge in [0, 0.05) is 0 Å². The summed E-state index contributed by atoms with van der Waals surface area (Å²) in [7, 11) is 0. The van der Waals surface area contributed by atoms with Crippen molar-refractivity contribution in [1.82, 2.24) is 0 Å². The number of halogens is 3. The van der Waals surface area contributed by atoms with E-state index in [2.05, 4.69) is 4.89 Å². The zero-order valence-corrected chi connectivity index (χ0v) is 3.03. The van der Waals surface area contributed by atoms with E-state index in [1.807, 2.05) is 0 Å². The van der Waals surface area contributed by atoms with Crippen molar-refractivity contribution in [2.24, 2.45) is 0 Å². The molecule has 0 rings (SSSR count). The molecule has 0 aromatic heterocycles. The van der Waals surface area contributed by atoms with E-state index in [1.54, 1.807) is 0 Å². The first-order valence-electron chi connectivity index (χ1n) is 1.26. The maximum absolute atomic E-state index is 10.9. The lowest BCUT2D eigenvalue weighted by Crippen LogP contribution is -2.15. The second-order valence-corrected chi connectivity index (χ2v) is 0.754. The number of rotatable bonds is 2. The Morgan fingerprint density at radius 2 is 2.00 bits per heavy atom. The molecule has 0 bridgehead atoms. The Morgan fingerprint density at radius 1 is 1.57 bits per heavy atom. The quantitative estimate of drug-likeness (QED) is 0.390. The molecule has 0 spiro atoms. The summed E-state index contributed by atoms with van der Waals surface area (Å²) in [5.74, 6) is 0. The average molecular weight is 114 g/mol. The molecule has 0 aliphatic rings. The Bertz CT molecular complexity index is 48.9. The molecule has 0 fully saturated rings. The predicted octanol–water partition coefficient (Wildman–Crippen LogP) is 1.07. The lowest BCUT2D eigenvalue weighted by Gasteiger charge is -2.00. The Labute approximate surface area is 37.4 Å². The van der Waals surface area contributed by atoms with Gasteiger partial charge in [-0.05, 0) is 5.26 Å². The van der Waals surface area contributed by atoms with E-state index < -0.39 is 12.8 Å². The Kier molecular flexibility index (Phi) is 2.04. The van der Waals surface area contributed by atoms with Crippen molar-refractivity contribution in [2.75, 3.05) is 0 Å². The van der Waals surface area contributed by atoms with Crippen LogP contribution in [0.5, 0.6) is 0 Å².